The summed E-state index contributed by atoms with van der Waals surface area (Å²) in [4.78, 5) is 27.6. The van der Waals surface area contributed by atoms with E-state index in [9.17, 15) is 9.59 Å². The molecule has 0 aliphatic carbocycles. The molecule has 0 bridgehead atoms. The standard InChI is InChI=1S/C11H21N3O3/c1-12(2)9-5-4-6-14(7-9)11(17)13(3)8-10(15)16/h9H,4-8H2,1-3H3,(H,15,16). The maximum absolute atomic E-state index is 12.0. The van der Waals surface area contributed by atoms with Gasteiger partial charge in [-0.25, -0.2) is 4.79 Å². The minimum Gasteiger partial charge on any atom is -0.480 e. The number of rotatable bonds is 3. The number of likely N-dealkylation sites (N-methyl/N-ethyl adjacent to an activating group) is 2. The van der Waals surface area contributed by atoms with Gasteiger partial charge >= 0.3 is 12.0 Å². The van der Waals surface area contributed by atoms with Gasteiger partial charge in [-0.05, 0) is 26.9 Å². The Hall–Kier alpha value is -1.30. The van der Waals surface area contributed by atoms with Crippen molar-refractivity contribution in [3.63, 3.8) is 0 Å². The topological polar surface area (TPSA) is 64.1 Å². The molecule has 1 aliphatic rings. The number of carboxylic acid groups (broad SMARTS) is 1. The average molecular weight is 243 g/mol. The second-order valence-corrected chi connectivity index (χ2v) is 4.74. The molecule has 0 spiro atoms. The maximum Gasteiger partial charge on any atom is 0.323 e. The summed E-state index contributed by atoms with van der Waals surface area (Å²) in [5.74, 6) is -0.984. The van der Waals surface area contributed by atoms with Gasteiger partial charge in [-0.3, -0.25) is 4.79 Å². The van der Waals surface area contributed by atoms with Gasteiger partial charge < -0.3 is 19.8 Å². The van der Waals surface area contributed by atoms with Crippen LogP contribution in [0.15, 0.2) is 0 Å². The van der Waals surface area contributed by atoms with Crippen molar-refractivity contribution in [3.8, 4) is 0 Å². The van der Waals surface area contributed by atoms with E-state index in [-0.39, 0.29) is 12.6 Å². The lowest BCUT2D eigenvalue weighted by molar-refractivity contribution is -0.137. The minimum absolute atomic E-state index is 0.195. The first kappa shape index (κ1) is 13.8. The van der Waals surface area contributed by atoms with Gasteiger partial charge in [0.2, 0.25) is 0 Å². The van der Waals surface area contributed by atoms with Gasteiger partial charge in [-0.1, -0.05) is 0 Å². The van der Waals surface area contributed by atoms with Crippen LogP contribution in [0.25, 0.3) is 0 Å². The lowest BCUT2D eigenvalue weighted by Gasteiger charge is -2.37. The number of carboxylic acids is 1. The van der Waals surface area contributed by atoms with Crippen LogP contribution < -0.4 is 0 Å². The Morgan fingerprint density at radius 1 is 1.35 bits per heavy atom. The summed E-state index contributed by atoms with van der Waals surface area (Å²) < 4.78 is 0. The number of urea groups is 1. The molecule has 1 saturated heterocycles. The molecule has 0 aromatic rings. The molecule has 6 heteroatoms. The number of carbonyl (C=O) groups excluding carboxylic acids is 1. The molecule has 2 amide bonds. The van der Waals surface area contributed by atoms with Crippen LogP contribution in [0.5, 0.6) is 0 Å². The Balaban J connectivity index is 2.54. The highest BCUT2D eigenvalue weighted by Gasteiger charge is 2.27. The van der Waals surface area contributed by atoms with Gasteiger partial charge in [0.25, 0.3) is 0 Å². The van der Waals surface area contributed by atoms with E-state index < -0.39 is 5.97 Å². The molecule has 0 saturated carbocycles. The molecule has 0 radical (unpaired) electrons. The van der Waals surface area contributed by atoms with Crippen molar-refractivity contribution in [2.24, 2.45) is 0 Å². The SMILES string of the molecule is CN(CC(=O)O)C(=O)N1CCCC(N(C)C)C1. The number of hydrogen-bond donors (Lipinski definition) is 1. The van der Waals surface area contributed by atoms with Crippen LogP contribution in [0.3, 0.4) is 0 Å². The zero-order valence-corrected chi connectivity index (χ0v) is 10.7. The van der Waals surface area contributed by atoms with Crippen LogP contribution in [-0.2, 0) is 4.79 Å². The average Bonchev–Trinajstić information content (AvgIpc) is 2.27. The van der Waals surface area contributed by atoms with E-state index in [0.717, 1.165) is 12.8 Å². The molecule has 1 N–H and O–H groups in total. The normalized spacial score (nSPS) is 20.5. The van der Waals surface area contributed by atoms with Crippen LogP contribution >= 0.6 is 0 Å². The fourth-order valence-corrected chi connectivity index (χ4v) is 2.06. The molecule has 1 heterocycles. The van der Waals surface area contributed by atoms with Crippen LogP contribution in [-0.4, -0.2) is 78.6 Å². The van der Waals surface area contributed by atoms with E-state index in [1.807, 2.05) is 14.1 Å². The fraction of sp³-hybridized carbons (Fsp3) is 0.818. The highest BCUT2D eigenvalue weighted by molar-refractivity contribution is 5.80. The highest BCUT2D eigenvalue weighted by atomic mass is 16.4. The predicted octanol–water partition coefficient (Wildman–Crippen LogP) is 0.149. The largest absolute Gasteiger partial charge is 0.480 e. The molecule has 6 nitrogen and oxygen atoms in total. The molecule has 1 rings (SSSR count). The quantitative estimate of drug-likeness (QED) is 0.766. The second kappa shape index (κ2) is 5.86. The molecular weight excluding hydrogens is 222 g/mol. The third kappa shape index (κ3) is 3.89. The molecule has 1 atom stereocenters. The molecule has 0 aromatic heterocycles. The number of amides is 2. The summed E-state index contributed by atoms with van der Waals surface area (Å²) in [6.07, 6.45) is 2.05. The highest BCUT2D eigenvalue weighted by Crippen LogP contribution is 2.14. The smallest absolute Gasteiger partial charge is 0.323 e. The molecule has 17 heavy (non-hydrogen) atoms. The lowest BCUT2D eigenvalue weighted by atomic mass is 10.1. The van der Waals surface area contributed by atoms with E-state index >= 15 is 0 Å². The number of hydrogen-bond acceptors (Lipinski definition) is 3. The van der Waals surface area contributed by atoms with E-state index in [4.69, 9.17) is 5.11 Å². The van der Waals surface area contributed by atoms with Crippen molar-refractivity contribution in [1.29, 1.82) is 0 Å². The van der Waals surface area contributed by atoms with E-state index in [0.29, 0.717) is 19.1 Å². The Morgan fingerprint density at radius 3 is 2.53 bits per heavy atom. The Bertz CT molecular complexity index is 294. The van der Waals surface area contributed by atoms with E-state index in [1.165, 1.54) is 11.9 Å². The number of piperidine rings is 1. The third-order valence-electron chi connectivity index (χ3n) is 3.10. The summed E-state index contributed by atoms with van der Waals surface area (Å²) in [5.41, 5.74) is 0. The van der Waals surface area contributed by atoms with Gasteiger partial charge in [0, 0.05) is 26.2 Å². The summed E-state index contributed by atoms with van der Waals surface area (Å²) in [7, 11) is 5.52. The van der Waals surface area contributed by atoms with Gasteiger partial charge in [0.05, 0.1) is 0 Å². The van der Waals surface area contributed by atoms with Crippen LogP contribution in [0.1, 0.15) is 12.8 Å². The van der Waals surface area contributed by atoms with Crippen molar-refractivity contribution in [3.05, 3.63) is 0 Å². The summed E-state index contributed by atoms with van der Waals surface area (Å²) in [5, 5.41) is 8.65. The first-order valence-electron chi connectivity index (χ1n) is 5.80. The van der Waals surface area contributed by atoms with E-state index in [1.54, 1.807) is 4.90 Å². The maximum atomic E-state index is 12.0. The molecule has 1 unspecified atom stereocenters. The molecular formula is C11H21N3O3. The molecule has 98 valence electrons. The zero-order valence-electron chi connectivity index (χ0n) is 10.7. The number of likely N-dealkylation sites (tertiary alicyclic amines) is 1. The van der Waals surface area contributed by atoms with Crippen molar-refractivity contribution < 1.29 is 14.7 Å². The van der Waals surface area contributed by atoms with Crippen LogP contribution in [0, 0.1) is 0 Å². The van der Waals surface area contributed by atoms with Crippen LogP contribution in [0.2, 0.25) is 0 Å². The van der Waals surface area contributed by atoms with Crippen molar-refractivity contribution in [2.45, 2.75) is 18.9 Å². The first-order chi connectivity index (χ1) is 7.91. The predicted molar refractivity (Wildman–Crippen MR) is 63.9 cm³/mol. The van der Waals surface area contributed by atoms with Crippen molar-refractivity contribution in [1.82, 2.24) is 14.7 Å². The van der Waals surface area contributed by atoms with Crippen molar-refractivity contribution in [2.75, 3.05) is 40.8 Å². The first-order valence-corrected chi connectivity index (χ1v) is 5.80. The lowest BCUT2D eigenvalue weighted by Crippen LogP contribution is -2.51. The summed E-state index contributed by atoms with van der Waals surface area (Å²) in [6.45, 7) is 1.14. The van der Waals surface area contributed by atoms with Gasteiger partial charge in [-0.15, -0.1) is 0 Å². The van der Waals surface area contributed by atoms with Gasteiger partial charge in [-0.2, -0.15) is 0 Å². The number of nitrogens with zero attached hydrogens (tertiary/aromatic N) is 3. The van der Waals surface area contributed by atoms with E-state index in [2.05, 4.69) is 4.90 Å². The number of carbonyl (C=O) groups is 2. The fourth-order valence-electron chi connectivity index (χ4n) is 2.06. The molecule has 1 aliphatic heterocycles. The summed E-state index contributed by atoms with van der Waals surface area (Å²) in [6, 6.07) is 0.171. The zero-order chi connectivity index (χ0) is 13.0. The Morgan fingerprint density at radius 2 is 2.00 bits per heavy atom. The Kier molecular flexibility index (Phi) is 4.74. The third-order valence-corrected chi connectivity index (χ3v) is 3.10. The number of aliphatic carboxylic acids is 1. The second-order valence-electron chi connectivity index (χ2n) is 4.74. The minimum atomic E-state index is -0.984. The Labute approximate surface area is 102 Å². The van der Waals surface area contributed by atoms with Gasteiger partial charge in [0.1, 0.15) is 6.54 Å². The van der Waals surface area contributed by atoms with Gasteiger partial charge in [0.15, 0.2) is 0 Å². The molecule has 0 aromatic carbocycles. The van der Waals surface area contributed by atoms with Crippen LogP contribution in [0.4, 0.5) is 4.79 Å². The van der Waals surface area contributed by atoms with Crippen molar-refractivity contribution >= 4 is 12.0 Å². The molecule has 1 fully saturated rings. The summed E-state index contributed by atoms with van der Waals surface area (Å²) >= 11 is 0. The monoisotopic (exact) mass is 243 g/mol.